The number of aromatic nitrogens is 3. The van der Waals surface area contributed by atoms with E-state index in [2.05, 4.69) is 28.0 Å². The molecule has 1 aliphatic heterocycles. The number of piperazine rings is 1. The molecule has 7 heteroatoms. The Morgan fingerprint density at radius 1 is 1.15 bits per heavy atom. The molecule has 2 aromatic heterocycles. The van der Waals surface area contributed by atoms with Crippen molar-refractivity contribution < 1.29 is 9.53 Å². The summed E-state index contributed by atoms with van der Waals surface area (Å²) in [5.74, 6) is 0.702. The van der Waals surface area contributed by atoms with Gasteiger partial charge in [0.15, 0.2) is 0 Å². The summed E-state index contributed by atoms with van der Waals surface area (Å²) < 4.78 is 7.30. The van der Waals surface area contributed by atoms with E-state index < -0.39 is 0 Å². The molecule has 3 rings (SSSR count). The van der Waals surface area contributed by atoms with E-state index in [-0.39, 0.29) is 5.91 Å². The van der Waals surface area contributed by atoms with Gasteiger partial charge in [-0.05, 0) is 25.0 Å². The second-order valence-electron chi connectivity index (χ2n) is 6.48. The van der Waals surface area contributed by atoms with Crippen molar-refractivity contribution in [3.8, 4) is 5.88 Å². The molecule has 1 amide bonds. The topological polar surface area (TPSA) is 63.5 Å². The van der Waals surface area contributed by atoms with Gasteiger partial charge in [-0.1, -0.05) is 13.0 Å². The highest BCUT2D eigenvalue weighted by Crippen LogP contribution is 2.13. The predicted molar refractivity (Wildman–Crippen MR) is 99.1 cm³/mol. The Hall–Kier alpha value is -2.41. The van der Waals surface area contributed by atoms with Crippen molar-refractivity contribution in [3.05, 3.63) is 41.9 Å². The smallest absolute Gasteiger partial charge is 0.274 e. The molecule has 0 N–H and O–H groups in total. The van der Waals surface area contributed by atoms with Crippen LogP contribution in [-0.4, -0.2) is 63.3 Å². The molecule has 0 aliphatic carbocycles. The van der Waals surface area contributed by atoms with E-state index >= 15 is 0 Å². The van der Waals surface area contributed by atoms with Crippen LogP contribution in [0.2, 0.25) is 0 Å². The third-order valence-corrected chi connectivity index (χ3v) is 4.50. The molecule has 0 aromatic carbocycles. The lowest BCUT2D eigenvalue weighted by Crippen LogP contribution is -2.48. The van der Waals surface area contributed by atoms with E-state index in [0.717, 1.165) is 51.3 Å². The molecule has 26 heavy (non-hydrogen) atoms. The summed E-state index contributed by atoms with van der Waals surface area (Å²) >= 11 is 0. The van der Waals surface area contributed by atoms with Crippen molar-refractivity contribution >= 4 is 5.91 Å². The number of rotatable bonds is 7. The van der Waals surface area contributed by atoms with Gasteiger partial charge in [0, 0.05) is 57.7 Å². The molecule has 0 unspecified atom stereocenters. The van der Waals surface area contributed by atoms with Crippen molar-refractivity contribution in [2.24, 2.45) is 0 Å². The highest BCUT2D eigenvalue weighted by molar-refractivity contribution is 5.92. The van der Waals surface area contributed by atoms with Gasteiger partial charge in [0.05, 0.1) is 6.61 Å². The second kappa shape index (κ2) is 8.80. The first-order chi connectivity index (χ1) is 12.7. The second-order valence-corrected chi connectivity index (χ2v) is 6.48. The van der Waals surface area contributed by atoms with E-state index in [1.807, 2.05) is 30.3 Å². The normalized spacial score (nSPS) is 15.2. The zero-order chi connectivity index (χ0) is 18.4. The van der Waals surface area contributed by atoms with Crippen LogP contribution in [0.25, 0.3) is 0 Å². The molecule has 0 spiro atoms. The van der Waals surface area contributed by atoms with Crippen LogP contribution in [0.4, 0.5) is 0 Å². The first-order valence-electron chi connectivity index (χ1n) is 9.32. The molecule has 1 saturated heterocycles. The lowest BCUT2D eigenvalue weighted by atomic mass is 10.2. The lowest BCUT2D eigenvalue weighted by Gasteiger charge is -2.34. The van der Waals surface area contributed by atoms with Crippen LogP contribution >= 0.6 is 0 Å². The van der Waals surface area contributed by atoms with Gasteiger partial charge in [-0.25, -0.2) is 4.98 Å². The average molecular weight is 357 g/mol. The van der Waals surface area contributed by atoms with Crippen LogP contribution < -0.4 is 4.74 Å². The Morgan fingerprint density at radius 3 is 2.58 bits per heavy atom. The maximum absolute atomic E-state index is 12.5. The van der Waals surface area contributed by atoms with Gasteiger partial charge < -0.3 is 9.64 Å². The SMILES string of the molecule is CCCOc1ccc(CN2CCN(C(=O)c3ccn(CC)n3)CC2)cn1. The predicted octanol–water partition coefficient (Wildman–Crippen LogP) is 2.04. The zero-order valence-electron chi connectivity index (χ0n) is 15.6. The summed E-state index contributed by atoms with van der Waals surface area (Å²) in [7, 11) is 0. The van der Waals surface area contributed by atoms with Crippen LogP contribution in [0.1, 0.15) is 36.3 Å². The van der Waals surface area contributed by atoms with Crippen molar-refractivity contribution in [1.29, 1.82) is 0 Å². The first kappa shape index (κ1) is 18.4. The summed E-state index contributed by atoms with van der Waals surface area (Å²) in [5.41, 5.74) is 1.70. The van der Waals surface area contributed by atoms with Crippen LogP contribution in [0, 0.1) is 0 Å². The molecule has 0 bridgehead atoms. The van der Waals surface area contributed by atoms with E-state index in [4.69, 9.17) is 4.74 Å². The van der Waals surface area contributed by atoms with Crippen molar-refractivity contribution in [2.75, 3.05) is 32.8 Å². The average Bonchev–Trinajstić information content (AvgIpc) is 3.17. The highest BCUT2D eigenvalue weighted by Gasteiger charge is 2.23. The maximum Gasteiger partial charge on any atom is 0.274 e. The molecule has 2 aromatic rings. The Bertz CT molecular complexity index is 705. The highest BCUT2D eigenvalue weighted by atomic mass is 16.5. The van der Waals surface area contributed by atoms with Crippen molar-refractivity contribution in [2.45, 2.75) is 33.4 Å². The Morgan fingerprint density at radius 2 is 1.96 bits per heavy atom. The molecule has 0 atom stereocenters. The quantitative estimate of drug-likeness (QED) is 0.759. The number of amides is 1. The fourth-order valence-corrected chi connectivity index (χ4v) is 2.98. The van der Waals surface area contributed by atoms with Gasteiger partial charge in [0.1, 0.15) is 5.69 Å². The minimum absolute atomic E-state index is 0.0240. The lowest BCUT2D eigenvalue weighted by molar-refractivity contribution is 0.0621. The monoisotopic (exact) mass is 357 g/mol. The summed E-state index contributed by atoms with van der Waals surface area (Å²) in [6.45, 7) is 9.56. The molecule has 140 valence electrons. The molecule has 1 aliphatic rings. The Labute approximate surface area is 154 Å². The Kier molecular flexibility index (Phi) is 6.22. The molecule has 7 nitrogen and oxygen atoms in total. The van der Waals surface area contributed by atoms with Crippen LogP contribution in [0.3, 0.4) is 0 Å². The molecule has 3 heterocycles. The number of hydrogen-bond acceptors (Lipinski definition) is 5. The number of nitrogens with zero attached hydrogens (tertiary/aromatic N) is 5. The van der Waals surface area contributed by atoms with Gasteiger partial charge in [-0.3, -0.25) is 14.4 Å². The molecule has 0 saturated carbocycles. The number of ether oxygens (including phenoxy) is 1. The Balaban J connectivity index is 1.48. The summed E-state index contributed by atoms with van der Waals surface area (Å²) in [6, 6.07) is 5.79. The third-order valence-electron chi connectivity index (χ3n) is 4.50. The van der Waals surface area contributed by atoms with E-state index in [9.17, 15) is 4.79 Å². The van der Waals surface area contributed by atoms with Gasteiger partial charge >= 0.3 is 0 Å². The van der Waals surface area contributed by atoms with Crippen LogP contribution in [-0.2, 0) is 13.1 Å². The molecular weight excluding hydrogens is 330 g/mol. The molecule has 1 fully saturated rings. The number of aryl methyl sites for hydroxylation is 1. The third kappa shape index (κ3) is 4.60. The van der Waals surface area contributed by atoms with Gasteiger partial charge in [-0.2, -0.15) is 5.10 Å². The summed E-state index contributed by atoms with van der Waals surface area (Å²) in [4.78, 5) is 21.1. The fourth-order valence-electron chi connectivity index (χ4n) is 2.98. The van der Waals surface area contributed by atoms with Gasteiger partial charge in [-0.15, -0.1) is 0 Å². The largest absolute Gasteiger partial charge is 0.478 e. The fraction of sp³-hybridized carbons (Fsp3) is 0.526. The summed E-state index contributed by atoms with van der Waals surface area (Å²) in [5, 5.41) is 4.31. The van der Waals surface area contributed by atoms with E-state index in [1.54, 1.807) is 10.7 Å². The zero-order valence-corrected chi connectivity index (χ0v) is 15.6. The van der Waals surface area contributed by atoms with Crippen LogP contribution in [0.5, 0.6) is 5.88 Å². The van der Waals surface area contributed by atoms with Gasteiger partial charge in [0.25, 0.3) is 5.91 Å². The number of pyridine rings is 1. The number of carbonyl (C=O) groups excluding carboxylic acids is 1. The molecule has 0 radical (unpaired) electrons. The summed E-state index contributed by atoms with van der Waals surface area (Å²) in [6.07, 6.45) is 4.70. The van der Waals surface area contributed by atoms with Crippen LogP contribution in [0.15, 0.2) is 30.6 Å². The first-order valence-corrected chi connectivity index (χ1v) is 9.32. The number of hydrogen-bond donors (Lipinski definition) is 0. The van der Waals surface area contributed by atoms with E-state index in [1.165, 1.54) is 0 Å². The minimum Gasteiger partial charge on any atom is -0.478 e. The van der Waals surface area contributed by atoms with E-state index in [0.29, 0.717) is 18.2 Å². The van der Waals surface area contributed by atoms with Crippen molar-refractivity contribution in [3.63, 3.8) is 0 Å². The standard InChI is InChI=1S/C19H27N5O2/c1-3-13-26-18-6-5-16(14-20-18)15-22-9-11-23(12-10-22)19(25)17-7-8-24(4-2)21-17/h5-8,14H,3-4,9-13,15H2,1-2H3. The minimum atomic E-state index is 0.0240. The number of carbonyl (C=O) groups is 1. The molecular formula is C19H27N5O2. The maximum atomic E-state index is 12.5. The van der Waals surface area contributed by atoms with Gasteiger partial charge in [0.2, 0.25) is 5.88 Å². The van der Waals surface area contributed by atoms with Crippen molar-refractivity contribution in [1.82, 2.24) is 24.6 Å².